The predicted octanol–water partition coefficient (Wildman–Crippen LogP) is 0.352. The maximum Gasteiger partial charge on any atom is 0.311 e. The first-order valence-electron chi connectivity index (χ1n) is 8.67. The predicted molar refractivity (Wildman–Crippen MR) is 97.8 cm³/mol. The molecule has 1 aliphatic heterocycles. The number of piperidine rings is 1. The van der Waals surface area contributed by atoms with Crippen LogP contribution in [0.5, 0.6) is 0 Å². The van der Waals surface area contributed by atoms with Crippen LogP contribution in [0.4, 0.5) is 4.39 Å². The second-order valence-electron chi connectivity index (χ2n) is 7.22. The summed E-state index contributed by atoms with van der Waals surface area (Å²) in [5, 5.41) is 2.49. The third-order valence-corrected chi connectivity index (χ3v) is 5.92. The summed E-state index contributed by atoms with van der Waals surface area (Å²) >= 11 is 0. The van der Waals surface area contributed by atoms with Gasteiger partial charge in [-0.25, -0.2) is 13.3 Å². The third-order valence-electron chi connectivity index (χ3n) is 4.74. The van der Waals surface area contributed by atoms with E-state index in [-0.39, 0.29) is 16.6 Å². The average molecular weight is 400 g/mol. The van der Waals surface area contributed by atoms with E-state index in [4.69, 9.17) is 0 Å². The van der Waals surface area contributed by atoms with E-state index in [0.717, 1.165) is 0 Å². The molecule has 1 aliphatic rings. The number of aldehydes is 1. The molecule has 1 aromatic rings. The van der Waals surface area contributed by atoms with Crippen LogP contribution in [-0.4, -0.2) is 57.5 Å². The van der Waals surface area contributed by atoms with Gasteiger partial charge in [0, 0.05) is 38.9 Å². The van der Waals surface area contributed by atoms with Crippen molar-refractivity contribution in [2.75, 3.05) is 19.6 Å². The standard InChI is InChI=1S/C17H25FN4O4S/c1-5-19-15(24)16(25)22-7-6-13(17(2,3)10-22)20-27(26)12-8-21(4)11(9-23)14(12)18/h8-9,13,20H,5-7,10H2,1-4H3,(H,19,24). The van der Waals surface area contributed by atoms with Crippen molar-refractivity contribution in [3.8, 4) is 0 Å². The smallest absolute Gasteiger partial charge is 0.311 e. The number of carbonyl (C=O) groups is 3. The van der Waals surface area contributed by atoms with Crippen molar-refractivity contribution in [3.05, 3.63) is 17.7 Å². The van der Waals surface area contributed by atoms with Gasteiger partial charge in [0.05, 0.1) is 0 Å². The van der Waals surface area contributed by atoms with Crippen LogP contribution < -0.4 is 10.0 Å². The van der Waals surface area contributed by atoms with Gasteiger partial charge in [0.1, 0.15) is 21.6 Å². The molecule has 0 aliphatic carbocycles. The molecule has 0 saturated carbocycles. The Morgan fingerprint density at radius 3 is 2.63 bits per heavy atom. The van der Waals surface area contributed by atoms with Gasteiger partial charge in [0.25, 0.3) is 0 Å². The van der Waals surface area contributed by atoms with E-state index in [9.17, 15) is 23.0 Å². The molecule has 2 amide bonds. The summed E-state index contributed by atoms with van der Waals surface area (Å²) < 4.78 is 31.0. The number of hydrogen-bond donors (Lipinski definition) is 2. The first kappa shape index (κ1) is 21.2. The minimum absolute atomic E-state index is 0.0868. The topological polar surface area (TPSA) is 101 Å². The molecule has 0 radical (unpaired) electrons. The molecular formula is C17H25FN4O4S. The van der Waals surface area contributed by atoms with Crippen LogP contribution in [0.2, 0.25) is 0 Å². The van der Waals surface area contributed by atoms with Crippen LogP contribution in [-0.2, 0) is 27.6 Å². The van der Waals surface area contributed by atoms with Gasteiger partial charge in [0.2, 0.25) is 0 Å². The molecule has 2 unspecified atom stereocenters. The molecule has 2 atom stereocenters. The van der Waals surface area contributed by atoms with Gasteiger partial charge >= 0.3 is 11.8 Å². The van der Waals surface area contributed by atoms with E-state index in [1.165, 1.54) is 22.7 Å². The van der Waals surface area contributed by atoms with Crippen molar-refractivity contribution >= 4 is 29.1 Å². The summed E-state index contributed by atoms with van der Waals surface area (Å²) in [4.78, 5) is 36.3. The Kier molecular flexibility index (Phi) is 6.53. The summed E-state index contributed by atoms with van der Waals surface area (Å²) in [5.74, 6) is -2.04. The lowest BCUT2D eigenvalue weighted by Gasteiger charge is -2.43. The summed E-state index contributed by atoms with van der Waals surface area (Å²) in [5.41, 5.74) is -0.656. The lowest BCUT2D eigenvalue weighted by Crippen LogP contribution is -2.58. The minimum Gasteiger partial charge on any atom is -0.348 e. The van der Waals surface area contributed by atoms with Crippen molar-refractivity contribution in [1.82, 2.24) is 19.5 Å². The summed E-state index contributed by atoms with van der Waals surface area (Å²) in [6, 6.07) is -0.268. The molecule has 1 saturated heterocycles. The Labute approximate surface area is 160 Å². The van der Waals surface area contributed by atoms with Gasteiger partial charge in [-0.2, -0.15) is 0 Å². The minimum atomic E-state index is -1.85. The Morgan fingerprint density at radius 2 is 2.11 bits per heavy atom. The number of aromatic nitrogens is 1. The van der Waals surface area contributed by atoms with Gasteiger partial charge < -0.3 is 14.8 Å². The second kappa shape index (κ2) is 8.30. The van der Waals surface area contributed by atoms with E-state index < -0.39 is 34.0 Å². The second-order valence-corrected chi connectivity index (χ2v) is 8.44. The van der Waals surface area contributed by atoms with E-state index in [1.807, 2.05) is 13.8 Å². The van der Waals surface area contributed by atoms with Crippen LogP contribution in [0, 0.1) is 11.2 Å². The van der Waals surface area contributed by atoms with Crippen molar-refractivity contribution in [2.45, 2.75) is 38.1 Å². The molecule has 27 heavy (non-hydrogen) atoms. The lowest BCUT2D eigenvalue weighted by molar-refractivity contribution is -0.148. The quantitative estimate of drug-likeness (QED) is 0.550. The molecule has 2 N–H and O–H groups in total. The number of amides is 2. The number of likely N-dealkylation sites (tertiary alicyclic amines) is 1. The van der Waals surface area contributed by atoms with Crippen LogP contribution in [0.15, 0.2) is 11.1 Å². The highest BCUT2D eigenvalue weighted by Crippen LogP contribution is 2.30. The first-order valence-corrected chi connectivity index (χ1v) is 9.82. The van der Waals surface area contributed by atoms with Gasteiger partial charge in [-0.3, -0.25) is 14.4 Å². The van der Waals surface area contributed by atoms with Crippen LogP contribution in [0.1, 0.15) is 37.7 Å². The van der Waals surface area contributed by atoms with Gasteiger partial charge in [-0.05, 0) is 18.8 Å². The van der Waals surface area contributed by atoms with Crippen molar-refractivity contribution in [3.63, 3.8) is 0 Å². The fourth-order valence-electron chi connectivity index (χ4n) is 3.17. The highest BCUT2D eigenvalue weighted by atomic mass is 32.2. The highest BCUT2D eigenvalue weighted by Gasteiger charge is 2.40. The first-order chi connectivity index (χ1) is 12.6. The Bertz CT molecular complexity index is 777. The van der Waals surface area contributed by atoms with Crippen molar-refractivity contribution in [1.29, 1.82) is 0 Å². The molecule has 8 nitrogen and oxygen atoms in total. The van der Waals surface area contributed by atoms with Crippen LogP contribution in [0.25, 0.3) is 0 Å². The van der Waals surface area contributed by atoms with E-state index >= 15 is 0 Å². The van der Waals surface area contributed by atoms with Gasteiger partial charge in [-0.15, -0.1) is 0 Å². The van der Waals surface area contributed by atoms with E-state index in [1.54, 1.807) is 6.92 Å². The zero-order valence-corrected chi connectivity index (χ0v) is 16.7. The van der Waals surface area contributed by atoms with E-state index in [0.29, 0.717) is 32.3 Å². The summed E-state index contributed by atoms with van der Waals surface area (Å²) in [6.45, 7) is 6.50. The molecule has 2 rings (SSSR count). The number of hydrogen-bond acceptors (Lipinski definition) is 4. The van der Waals surface area contributed by atoms with Gasteiger partial charge in [0.15, 0.2) is 12.1 Å². The van der Waals surface area contributed by atoms with Crippen LogP contribution in [0.3, 0.4) is 0 Å². The fraction of sp³-hybridized carbons (Fsp3) is 0.588. The molecule has 150 valence electrons. The number of nitrogens with zero attached hydrogens (tertiary/aromatic N) is 2. The lowest BCUT2D eigenvalue weighted by atomic mass is 9.79. The Hall–Kier alpha value is -2.07. The van der Waals surface area contributed by atoms with E-state index in [2.05, 4.69) is 10.0 Å². The molecule has 0 spiro atoms. The summed E-state index contributed by atoms with van der Waals surface area (Å²) in [7, 11) is -0.349. The summed E-state index contributed by atoms with van der Waals surface area (Å²) in [6.07, 6.45) is 2.16. The van der Waals surface area contributed by atoms with Crippen LogP contribution >= 0.6 is 0 Å². The number of carbonyl (C=O) groups excluding carboxylic acids is 3. The molecule has 1 aromatic heterocycles. The number of likely N-dealkylation sites (N-methyl/N-ethyl adjacent to an activating group) is 1. The molecule has 10 heteroatoms. The van der Waals surface area contributed by atoms with Crippen molar-refractivity contribution in [2.24, 2.45) is 12.5 Å². The number of halogens is 1. The van der Waals surface area contributed by atoms with Gasteiger partial charge in [-0.1, -0.05) is 13.8 Å². The monoisotopic (exact) mass is 400 g/mol. The maximum atomic E-state index is 14.2. The number of rotatable bonds is 5. The largest absolute Gasteiger partial charge is 0.348 e. The zero-order valence-electron chi connectivity index (χ0n) is 15.9. The molecule has 2 heterocycles. The third kappa shape index (κ3) is 4.44. The normalized spacial score (nSPS) is 20.2. The number of nitrogens with one attached hydrogen (secondary N) is 2. The highest BCUT2D eigenvalue weighted by molar-refractivity contribution is 7.83. The number of aryl methyl sites for hydroxylation is 1. The molecule has 0 aromatic carbocycles. The average Bonchev–Trinajstić information content (AvgIpc) is 2.89. The SMILES string of the molecule is CCNC(=O)C(=O)N1CCC(NS(=O)c2cn(C)c(C=O)c2F)C(C)(C)C1. The maximum absolute atomic E-state index is 14.2. The Morgan fingerprint density at radius 1 is 1.44 bits per heavy atom. The molecule has 1 fully saturated rings. The molecular weight excluding hydrogens is 375 g/mol. The molecule has 0 bridgehead atoms. The Balaban J connectivity index is 2.09. The van der Waals surface area contributed by atoms with Crippen molar-refractivity contribution < 1.29 is 23.0 Å². The zero-order chi connectivity index (χ0) is 20.4. The fourth-order valence-corrected chi connectivity index (χ4v) is 4.51.